The number of hydrogen-bond acceptors (Lipinski definition) is 1. The van der Waals surface area contributed by atoms with E-state index < -0.39 is 0 Å². The first kappa shape index (κ1) is 9.11. The van der Waals surface area contributed by atoms with Crippen LogP contribution in [-0.2, 0) is 0 Å². The van der Waals surface area contributed by atoms with Crippen LogP contribution in [0, 0.1) is 5.92 Å². The minimum atomic E-state index is 0.683. The van der Waals surface area contributed by atoms with Crippen LogP contribution in [0.5, 0.6) is 0 Å². The molecule has 0 aromatic rings. The van der Waals surface area contributed by atoms with Crippen LogP contribution in [0.4, 0.5) is 0 Å². The van der Waals surface area contributed by atoms with E-state index >= 15 is 0 Å². The molecule has 0 spiro atoms. The molecular weight excluding hydrogens is 146 g/mol. The maximum atomic E-state index is 3.70. The lowest BCUT2D eigenvalue weighted by Crippen LogP contribution is -2.26. The molecule has 1 aliphatic rings. The number of piperidine rings is 1. The summed E-state index contributed by atoms with van der Waals surface area (Å²) in [5.41, 5.74) is 2.66. The Labute approximate surface area is 74.9 Å². The van der Waals surface area contributed by atoms with Gasteiger partial charge in [-0.1, -0.05) is 25.7 Å². The Kier molecular flexibility index (Phi) is 3.15. The molecule has 1 unspecified atom stereocenters. The summed E-state index contributed by atoms with van der Waals surface area (Å²) >= 11 is 0. The molecule has 0 bridgehead atoms. The van der Waals surface area contributed by atoms with Crippen molar-refractivity contribution in [2.45, 2.75) is 20.3 Å². The molecule has 0 radical (unpaired) electrons. The van der Waals surface area contributed by atoms with Crippen LogP contribution in [0.1, 0.15) is 20.3 Å². The fourth-order valence-electron chi connectivity index (χ4n) is 1.66. The van der Waals surface area contributed by atoms with Gasteiger partial charge in [0.15, 0.2) is 0 Å². The monoisotopic (exact) mass is 163 g/mol. The summed E-state index contributed by atoms with van der Waals surface area (Å²) < 4.78 is 0. The van der Waals surface area contributed by atoms with Crippen molar-refractivity contribution in [2.75, 3.05) is 6.54 Å². The zero-order chi connectivity index (χ0) is 8.97. The molecule has 0 saturated carbocycles. The SMILES string of the molecule is C=C/C=C1/NCCC(C)/C1=C/C. The Morgan fingerprint density at radius 2 is 2.33 bits per heavy atom. The lowest BCUT2D eigenvalue weighted by atomic mass is 9.91. The van der Waals surface area contributed by atoms with Gasteiger partial charge in [0.05, 0.1) is 0 Å². The predicted molar refractivity (Wildman–Crippen MR) is 53.8 cm³/mol. The van der Waals surface area contributed by atoms with Crippen molar-refractivity contribution in [3.63, 3.8) is 0 Å². The third kappa shape index (κ3) is 1.79. The molecule has 1 atom stereocenters. The number of nitrogens with one attached hydrogen (secondary N) is 1. The van der Waals surface area contributed by atoms with E-state index in [4.69, 9.17) is 0 Å². The van der Waals surface area contributed by atoms with Crippen LogP contribution in [0.25, 0.3) is 0 Å². The molecule has 0 aliphatic carbocycles. The highest BCUT2D eigenvalue weighted by atomic mass is 14.9. The molecule has 1 heterocycles. The van der Waals surface area contributed by atoms with Gasteiger partial charge < -0.3 is 5.32 Å². The van der Waals surface area contributed by atoms with Gasteiger partial charge in [-0.2, -0.15) is 0 Å². The van der Waals surface area contributed by atoms with Crippen LogP contribution >= 0.6 is 0 Å². The minimum absolute atomic E-state index is 0.683. The second-order valence-corrected chi connectivity index (χ2v) is 3.18. The van der Waals surface area contributed by atoms with E-state index in [9.17, 15) is 0 Å². The van der Waals surface area contributed by atoms with Crippen LogP contribution in [0.15, 0.2) is 36.1 Å². The average molecular weight is 163 g/mol. The van der Waals surface area contributed by atoms with Gasteiger partial charge in [0.1, 0.15) is 0 Å². The highest BCUT2D eigenvalue weighted by molar-refractivity contribution is 5.35. The van der Waals surface area contributed by atoms with Crippen molar-refractivity contribution in [2.24, 2.45) is 5.92 Å². The molecule has 1 aliphatic heterocycles. The third-order valence-corrected chi connectivity index (χ3v) is 2.33. The van der Waals surface area contributed by atoms with Crippen molar-refractivity contribution < 1.29 is 0 Å². The van der Waals surface area contributed by atoms with Crippen molar-refractivity contribution in [1.82, 2.24) is 5.32 Å². The van der Waals surface area contributed by atoms with Gasteiger partial charge in [0, 0.05) is 12.2 Å². The molecule has 12 heavy (non-hydrogen) atoms. The molecule has 1 saturated heterocycles. The second-order valence-electron chi connectivity index (χ2n) is 3.18. The number of rotatable bonds is 1. The lowest BCUT2D eigenvalue weighted by Gasteiger charge is -2.26. The van der Waals surface area contributed by atoms with Gasteiger partial charge in [0.2, 0.25) is 0 Å². The predicted octanol–water partition coefficient (Wildman–Crippen LogP) is 2.63. The highest BCUT2D eigenvalue weighted by Gasteiger charge is 2.16. The summed E-state index contributed by atoms with van der Waals surface area (Å²) in [7, 11) is 0. The first-order valence-electron chi connectivity index (χ1n) is 4.52. The highest BCUT2D eigenvalue weighted by Crippen LogP contribution is 2.24. The quantitative estimate of drug-likeness (QED) is 0.626. The molecular formula is C11H17N. The molecule has 1 N–H and O–H groups in total. The van der Waals surface area contributed by atoms with E-state index in [0.29, 0.717) is 5.92 Å². The summed E-state index contributed by atoms with van der Waals surface area (Å²) in [5, 5.41) is 3.37. The fourth-order valence-corrected chi connectivity index (χ4v) is 1.66. The van der Waals surface area contributed by atoms with E-state index in [1.807, 2.05) is 12.2 Å². The first-order valence-corrected chi connectivity index (χ1v) is 4.52. The van der Waals surface area contributed by atoms with Crippen molar-refractivity contribution >= 4 is 0 Å². The fraction of sp³-hybridized carbons (Fsp3) is 0.455. The number of allylic oxidation sites excluding steroid dienone is 4. The Balaban J connectivity index is 2.85. The molecule has 1 rings (SSSR count). The molecule has 1 nitrogen and oxygen atoms in total. The van der Waals surface area contributed by atoms with E-state index in [1.165, 1.54) is 17.7 Å². The van der Waals surface area contributed by atoms with E-state index in [2.05, 4.69) is 31.8 Å². The Bertz CT molecular complexity index is 223. The van der Waals surface area contributed by atoms with Gasteiger partial charge in [-0.25, -0.2) is 0 Å². The summed E-state index contributed by atoms with van der Waals surface area (Å²) in [6, 6.07) is 0. The van der Waals surface area contributed by atoms with Gasteiger partial charge in [-0.3, -0.25) is 0 Å². The standard InChI is InChI=1S/C11H17N/c1-4-6-11-10(5-2)9(3)7-8-12-11/h4-6,9,12H,1,7-8H2,2-3H3/b10-5-,11-6+. The smallest absolute Gasteiger partial charge is 0.0371 e. The van der Waals surface area contributed by atoms with Gasteiger partial charge in [0.25, 0.3) is 0 Å². The molecule has 0 aromatic carbocycles. The average Bonchev–Trinajstić information content (AvgIpc) is 2.05. The van der Waals surface area contributed by atoms with E-state index in [0.717, 1.165) is 6.54 Å². The van der Waals surface area contributed by atoms with Crippen molar-refractivity contribution in [3.8, 4) is 0 Å². The molecule has 0 aromatic heterocycles. The maximum absolute atomic E-state index is 3.70. The zero-order valence-electron chi connectivity index (χ0n) is 7.93. The van der Waals surface area contributed by atoms with Gasteiger partial charge in [-0.15, -0.1) is 0 Å². The minimum Gasteiger partial charge on any atom is -0.385 e. The first-order chi connectivity index (χ1) is 5.79. The van der Waals surface area contributed by atoms with Crippen LogP contribution < -0.4 is 5.32 Å². The largest absolute Gasteiger partial charge is 0.385 e. The topological polar surface area (TPSA) is 12.0 Å². The number of hydrogen-bond donors (Lipinski definition) is 1. The normalized spacial score (nSPS) is 30.3. The third-order valence-electron chi connectivity index (χ3n) is 2.33. The lowest BCUT2D eigenvalue weighted by molar-refractivity contribution is 0.538. The zero-order valence-corrected chi connectivity index (χ0v) is 7.93. The second kappa shape index (κ2) is 4.15. The summed E-state index contributed by atoms with van der Waals surface area (Å²) in [4.78, 5) is 0. The van der Waals surface area contributed by atoms with Crippen LogP contribution in [0.3, 0.4) is 0 Å². The summed E-state index contributed by atoms with van der Waals surface area (Å²) in [6.45, 7) is 9.15. The molecule has 1 fully saturated rings. The van der Waals surface area contributed by atoms with Crippen molar-refractivity contribution in [3.05, 3.63) is 36.1 Å². The Hall–Kier alpha value is -0.980. The molecule has 1 heteroatoms. The molecule has 66 valence electrons. The molecule has 0 amide bonds. The summed E-state index contributed by atoms with van der Waals surface area (Å²) in [6.07, 6.45) is 7.30. The summed E-state index contributed by atoms with van der Waals surface area (Å²) in [5.74, 6) is 0.683. The van der Waals surface area contributed by atoms with Crippen LogP contribution in [-0.4, -0.2) is 6.54 Å². The van der Waals surface area contributed by atoms with E-state index in [-0.39, 0.29) is 0 Å². The van der Waals surface area contributed by atoms with Gasteiger partial charge in [-0.05, 0) is 30.9 Å². The Morgan fingerprint density at radius 3 is 2.92 bits per heavy atom. The maximum Gasteiger partial charge on any atom is 0.0371 e. The Morgan fingerprint density at radius 1 is 1.58 bits per heavy atom. The van der Waals surface area contributed by atoms with Crippen molar-refractivity contribution in [1.29, 1.82) is 0 Å². The van der Waals surface area contributed by atoms with E-state index in [1.54, 1.807) is 0 Å². The van der Waals surface area contributed by atoms with Crippen LogP contribution in [0.2, 0.25) is 0 Å². The van der Waals surface area contributed by atoms with Gasteiger partial charge >= 0.3 is 0 Å².